The lowest BCUT2D eigenvalue weighted by Crippen LogP contribution is -1.82. The normalized spacial score (nSPS) is 10.2. The van der Waals surface area contributed by atoms with Gasteiger partial charge in [-0.1, -0.05) is 0 Å². The van der Waals surface area contributed by atoms with Gasteiger partial charge in [-0.15, -0.1) is 11.3 Å². The average Bonchev–Trinajstić information content (AvgIpc) is 2.75. The molecule has 0 aliphatic heterocycles. The summed E-state index contributed by atoms with van der Waals surface area (Å²) in [6, 6.07) is 2.89. The van der Waals surface area contributed by atoms with E-state index in [0.717, 1.165) is 4.88 Å². The third-order valence-electron chi connectivity index (χ3n) is 1.45. The van der Waals surface area contributed by atoms with Crippen LogP contribution in [0, 0.1) is 10.1 Å². The maximum absolute atomic E-state index is 10.3. The molecule has 0 radical (unpaired) electrons. The van der Waals surface area contributed by atoms with Crippen LogP contribution in [0.2, 0.25) is 0 Å². The first-order valence-electron chi connectivity index (χ1n) is 3.40. The van der Waals surface area contributed by atoms with Gasteiger partial charge in [0.1, 0.15) is 4.92 Å². The zero-order valence-corrected chi connectivity index (χ0v) is 7.15. The number of hydrogen-bond donors (Lipinski definition) is 0. The lowest BCUT2D eigenvalue weighted by molar-refractivity contribution is -0.401. The molecule has 13 heavy (non-hydrogen) atoms. The van der Waals surface area contributed by atoms with Crippen molar-refractivity contribution in [3.05, 3.63) is 34.0 Å². The quantitative estimate of drug-likeness (QED) is 0.545. The summed E-state index contributed by atoms with van der Waals surface area (Å²) in [7, 11) is 0. The first-order valence-corrected chi connectivity index (χ1v) is 4.28. The van der Waals surface area contributed by atoms with Crippen LogP contribution in [0.25, 0.3) is 10.6 Å². The van der Waals surface area contributed by atoms with Gasteiger partial charge in [-0.05, 0) is 6.07 Å². The third-order valence-corrected chi connectivity index (χ3v) is 2.23. The van der Waals surface area contributed by atoms with Crippen molar-refractivity contribution >= 4 is 17.2 Å². The van der Waals surface area contributed by atoms with Crippen LogP contribution >= 0.6 is 11.3 Å². The van der Waals surface area contributed by atoms with Gasteiger partial charge in [0.15, 0.2) is 5.76 Å². The largest absolute Gasteiger partial charge is 0.433 e. The predicted molar refractivity (Wildman–Crippen MR) is 46.5 cm³/mol. The third kappa shape index (κ3) is 1.43. The number of furan rings is 1. The number of rotatable bonds is 2. The Labute approximate surface area is 76.8 Å². The van der Waals surface area contributed by atoms with Crippen molar-refractivity contribution in [1.82, 2.24) is 4.98 Å². The Morgan fingerprint density at radius 3 is 2.92 bits per heavy atom. The number of nitrogens with zero attached hydrogens (tertiary/aromatic N) is 2. The topological polar surface area (TPSA) is 69.2 Å². The molecule has 0 N–H and O–H groups in total. The molecular formula is C7H4N2O3S. The van der Waals surface area contributed by atoms with Crippen molar-refractivity contribution < 1.29 is 9.34 Å². The minimum absolute atomic E-state index is 0.247. The van der Waals surface area contributed by atoms with Gasteiger partial charge >= 0.3 is 5.88 Å². The lowest BCUT2D eigenvalue weighted by atomic mass is 10.4. The fourth-order valence-corrected chi connectivity index (χ4v) is 1.48. The van der Waals surface area contributed by atoms with Gasteiger partial charge in [0, 0.05) is 6.20 Å². The van der Waals surface area contributed by atoms with Gasteiger partial charge in [0.25, 0.3) is 0 Å². The number of nitro groups is 1. The molecule has 6 heteroatoms. The molecule has 2 aromatic rings. The summed E-state index contributed by atoms with van der Waals surface area (Å²) >= 11 is 1.37. The molecule has 5 nitrogen and oxygen atoms in total. The van der Waals surface area contributed by atoms with Crippen molar-refractivity contribution in [2.75, 3.05) is 0 Å². The first kappa shape index (κ1) is 7.93. The van der Waals surface area contributed by atoms with Crippen LogP contribution in [0.4, 0.5) is 5.88 Å². The molecule has 0 fully saturated rings. The van der Waals surface area contributed by atoms with E-state index >= 15 is 0 Å². The second-order valence-corrected chi connectivity index (χ2v) is 3.15. The summed E-state index contributed by atoms with van der Waals surface area (Å²) < 4.78 is 4.96. The lowest BCUT2D eigenvalue weighted by Gasteiger charge is -1.85. The monoisotopic (exact) mass is 196 g/mol. The van der Waals surface area contributed by atoms with Gasteiger partial charge in [0.2, 0.25) is 0 Å². The summed E-state index contributed by atoms with van der Waals surface area (Å²) in [4.78, 5) is 14.3. The fourth-order valence-electron chi connectivity index (χ4n) is 0.896. The summed E-state index contributed by atoms with van der Waals surface area (Å²) in [5.41, 5.74) is 1.64. The molecule has 2 rings (SSSR count). The summed E-state index contributed by atoms with van der Waals surface area (Å²) in [5.74, 6) is 0.234. The summed E-state index contributed by atoms with van der Waals surface area (Å²) in [6.45, 7) is 0. The van der Waals surface area contributed by atoms with Crippen molar-refractivity contribution in [2.45, 2.75) is 0 Å². The molecular weight excluding hydrogens is 192 g/mol. The Morgan fingerprint density at radius 1 is 1.54 bits per heavy atom. The van der Waals surface area contributed by atoms with E-state index in [1.165, 1.54) is 17.4 Å². The molecule has 0 saturated carbocycles. The molecule has 2 heterocycles. The summed E-state index contributed by atoms with van der Waals surface area (Å²) in [6.07, 6.45) is 1.60. The number of thiazole rings is 1. The minimum atomic E-state index is -0.565. The van der Waals surface area contributed by atoms with E-state index in [2.05, 4.69) is 4.98 Å². The highest BCUT2D eigenvalue weighted by atomic mass is 32.1. The van der Waals surface area contributed by atoms with E-state index < -0.39 is 4.92 Å². The second kappa shape index (κ2) is 2.98. The molecule has 2 aromatic heterocycles. The fraction of sp³-hybridized carbons (Fsp3) is 0. The zero-order chi connectivity index (χ0) is 9.26. The Bertz CT molecular complexity index is 421. The molecule has 0 aliphatic carbocycles. The number of aromatic nitrogens is 1. The standard InChI is InChI=1S/C7H4N2O3S/c10-9(11)7-2-1-5(12-7)6-3-8-4-13-6/h1-4H. The Morgan fingerprint density at radius 2 is 2.38 bits per heavy atom. The van der Waals surface area contributed by atoms with E-state index in [1.54, 1.807) is 17.8 Å². The average molecular weight is 196 g/mol. The van der Waals surface area contributed by atoms with Crippen molar-refractivity contribution in [3.8, 4) is 10.6 Å². The van der Waals surface area contributed by atoms with Crippen LogP contribution in [-0.2, 0) is 0 Å². The SMILES string of the molecule is O=[N+]([O-])c1ccc(-c2cncs2)o1. The van der Waals surface area contributed by atoms with Crippen molar-refractivity contribution in [3.63, 3.8) is 0 Å². The minimum Gasteiger partial charge on any atom is -0.400 e. The molecule has 0 atom stereocenters. The van der Waals surface area contributed by atoms with Crippen molar-refractivity contribution in [1.29, 1.82) is 0 Å². The molecule has 0 amide bonds. The highest BCUT2D eigenvalue weighted by molar-refractivity contribution is 7.13. The maximum Gasteiger partial charge on any atom is 0.433 e. The van der Waals surface area contributed by atoms with Crippen LogP contribution in [0.3, 0.4) is 0 Å². The molecule has 0 aliphatic rings. The van der Waals surface area contributed by atoms with Gasteiger partial charge < -0.3 is 4.42 Å². The van der Waals surface area contributed by atoms with Gasteiger partial charge in [-0.3, -0.25) is 15.1 Å². The Balaban J connectivity index is 2.39. The number of hydrogen-bond acceptors (Lipinski definition) is 5. The molecule has 0 spiro atoms. The van der Waals surface area contributed by atoms with E-state index in [-0.39, 0.29) is 5.88 Å². The first-order chi connectivity index (χ1) is 6.27. The molecule has 0 unspecified atom stereocenters. The highest BCUT2D eigenvalue weighted by Gasteiger charge is 2.13. The highest BCUT2D eigenvalue weighted by Crippen LogP contribution is 2.28. The summed E-state index contributed by atoms with van der Waals surface area (Å²) in [5, 5.41) is 10.3. The van der Waals surface area contributed by atoms with E-state index in [9.17, 15) is 10.1 Å². The van der Waals surface area contributed by atoms with Crippen LogP contribution in [0.1, 0.15) is 0 Å². The zero-order valence-electron chi connectivity index (χ0n) is 6.34. The smallest absolute Gasteiger partial charge is 0.400 e. The van der Waals surface area contributed by atoms with Crippen LogP contribution < -0.4 is 0 Å². The van der Waals surface area contributed by atoms with E-state index in [4.69, 9.17) is 4.42 Å². The van der Waals surface area contributed by atoms with Crippen LogP contribution in [0.15, 0.2) is 28.3 Å². The van der Waals surface area contributed by atoms with E-state index in [1.807, 2.05) is 0 Å². The van der Waals surface area contributed by atoms with Crippen molar-refractivity contribution in [2.24, 2.45) is 0 Å². The van der Waals surface area contributed by atoms with Crippen LogP contribution in [-0.4, -0.2) is 9.91 Å². The van der Waals surface area contributed by atoms with Gasteiger partial charge in [-0.2, -0.15) is 0 Å². The van der Waals surface area contributed by atoms with E-state index in [0.29, 0.717) is 5.76 Å². The predicted octanol–water partition coefficient (Wildman–Crippen LogP) is 2.31. The molecule has 0 aromatic carbocycles. The molecule has 0 bridgehead atoms. The Kier molecular flexibility index (Phi) is 1.82. The Hall–Kier alpha value is -1.69. The molecule has 0 saturated heterocycles. The maximum atomic E-state index is 10.3. The van der Waals surface area contributed by atoms with Gasteiger partial charge in [-0.25, -0.2) is 0 Å². The van der Waals surface area contributed by atoms with Gasteiger partial charge in [0.05, 0.1) is 16.5 Å². The molecule has 66 valence electrons. The van der Waals surface area contributed by atoms with Crippen LogP contribution in [0.5, 0.6) is 0 Å². The second-order valence-electron chi connectivity index (χ2n) is 2.26.